The maximum absolute atomic E-state index is 12.9. The van der Waals surface area contributed by atoms with Gasteiger partial charge < -0.3 is 5.11 Å². The van der Waals surface area contributed by atoms with Crippen molar-refractivity contribution in [2.24, 2.45) is 34.5 Å². The Hall–Kier alpha value is -1.22. The van der Waals surface area contributed by atoms with Gasteiger partial charge in [-0.15, -0.1) is 0 Å². The average molecular weight is 316 g/mol. The molecular formula is C20H28O3. The van der Waals surface area contributed by atoms with Crippen molar-refractivity contribution in [1.82, 2.24) is 0 Å². The highest BCUT2D eigenvalue weighted by Crippen LogP contribution is 2.62. The minimum absolute atomic E-state index is 0.0577. The summed E-state index contributed by atoms with van der Waals surface area (Å²) in [6.07, 6.45) is 4.79. The van der Waals surface area contributed by atoms with Crippen LogP contribution < -0.4 is 0 Å². The van der Waals surface area contributed by atoms with Crippen LogP contribution in [0.2, 0.25) is 0 Å². The van der Waals surface area contributed by atoms with E-state index in [1.54, 1.807) is 12.2 Å². The second-order valence-corrected chi connectivity index (χ2v) is 8.54. The van der Waals surface area contributed by atoms with Crippen LogP contribution in [0.15, 0.2) is 24.3 Å². The molecule has 3 heteroatoms. The van der Waals surface area contributed by atoms with Crippen LogP contribution in [-0.2, 0) is 9.59 Å². The smallest absolute Gasteiger partial charge is 0.159 e. The number of ketones is 2. The lowest BCUT2D eigenvalue weighted by molar-refractivity contribution is -0.184. The van der Waals surface area contributed by atoms with E-state index in [1.165, 1.54) is 0 Å². The third-order valence-corrected chi connectivity index (χ3v) is 7.34. The largest absolute Gasteiger partial charge is 0.392 e. The van der Waals surface area contributed by atoms with Crippen LogP contribution in [0.1, 0.15) is 47.0 Å². The van der Waals surface area contributed by atoms with Crippen LogP contribution in [0.5, 0.6) is 0 Å². The highest BCUT2D eigenvalue weighted by molar-refractivity contribution is 5.96. The van der Waals surface area contributed by atoms with Gasteiger partial charge in [0.25, 0.3) is 0 Å². The molecule has 0 aromatic carbocycles. The van der Waals surface area contributed by atoms with Crippen molar-refractivity contribution in [3.05, 3.63) is 24.3 Å². The highest BCUT2D eigenvalue weighted by Gasteiger charge is 2.64. The number of fused-ring (bicyclic) bond motifs is 3. The molecule has 2 fully saturated rings. The first kappa shape index (κ1) is 16.6. The van der Waals surface area contributed by atoms with Gasteiger partial charge in [0, 0.05) is 23.2 Å². The van der Waals surface area contributed by atoms with Crippen LogP contribution in [-0.4, -0.2) is 22.8 Å². The molecule has 0 aromatic heterocycles. The Morgan fingerprint density at radius 2 is 1.91 bits per heavy atom. The SMILES string of the molecule is C=CC1=CC(=O)C2C(CCC3C(C)(C)C(=O)CC(O)C23C)C1C. The zero-order valence-electron chi connectivity index (χ0n) is 14.6. The Balaban J connectivity index is 2.11. The standard InChI is InChI=1S/C20H28O3/c1-6-12-9-14(21)18-13(11(12)2)7-8-15-19(3,4)16(22)10-17(23)20(15,18)5/h6,9,11,13,15,17-18,23H,1,7-8,10H2,2-5H3. The molecule has 2 saturated carbocycles. The molecule has 0 aromatic rings. The Kier molecular flexibility index (Phi) is 3.72. The molecule has 0 heterocycles. The predicted octanol–water partition coefficient (Wildman–Crippen LogP) is 3.33. The number of aliphatic hydroxyl groups is 1. The van der Waals surface area contributed by atoms with Crippen LogP contribution in [0.3, 0.4) is 0 Å². The molecule has 0 radical (unpaired) electrons. The summed E-state index contributed by atoms with van der Waals surface area (Å²) in [6, 6.07) is 0. The first-order chi connectivity index (χ1) is 10.7. The van der Waals surface area contributed by atoms with Crippen molar-refractivity contribution in [3.8, 4) is 0 Å². The van der Waals surface area contributed by atoms with Gasteiger partial charge >= 0.3 is 0 Å². The molecule has 3 rings (SSSR count). The maximum atomic E-state index is 12.9. The molecule has 126 valence electrons. The fraction of sp³-hybridized carbons (Fsp3) is 0.700. The van der Waals surface area contributed by atoms with Crippen LogP contribution in [0, 0.1) is 34.5 Å². The van der Waals surface area contributed by atoms with Gasteiger partial charge in [-0.25, -0.2) is 0 Å². The Labute approximate surface area is 138 Å². The fourth-order valence-electron chi connectivity index (χ4n) is 5.88. The summed E-state index contributed by atoms with van der Waals surface area (Å²) in [4.78, 5) is 25.4. The summed E-state index contributed by atoms with van der Waals surface area (Å²) in [5.41, 5.74) is 0.0266. The Bertz CT molecular complexity index is 600. The molecular weight excluding hydrogens is 288 g/mol. The first-order valence-corrected chi connectivity index (χ1v) is 8.75. The molecule has 6 unspecified atom stereocenters. The van der Waals surface area contributed by atoms with Gasteiger partial charge in [0.15, 0.2) is 5.78 Å². The Morgan fingerprint density at radius 1 is 1.26 bits per heavy atom. The molecule has 3 aliphatic carbocycles. The molecule has 23 heavy (non-hydrogen) atoms. The minimum atomic E-state index is -0.726. The van der Waals surface area contributed by atoms with Crippen molar-refractivity contribution >= 4 is 11.6 Å². The van der Waals surface area contributed by atoms with Gasteiger partial charge in [-0.1, -0.05) is 40.3 Å². The number of hydrogen-bond donors (Lipinski definition) is 1. The Morgan fingerprint density at radius 3 is 2.52 bits per heavy atom. The zero-order valence-corrected chi connectivity index (χ0v) is 14.6. The fourth-order valence-corrected chi connectivity index (χ4v) is 5.88. The first-order valence-electron chi connectivity index (χ1n) is 8.75. The molecule has 3 aliphatic rings. The number of Topliss-reactive ketones (excluding diaryl/α,β-unsaturated/α-hetero) is 1. The summed E-state index contributed by atoms with van der Waals surface area (Å²) < 4.78 is 0. The number of aliphatic hydroxyl groups excluding tert-OH is 1. The lowest BCUT2D eigenvalue weighted by Crippen LogP contribution is -2.63. The molecule has 6 atom stereocenters. The van der Waals surface area contributed by atoms with Crippen molar-refractivity contribution in [1.29, 1.82) is 0 Å². The lowest BCUT2D eigenvalue weighted by Gasteiger charge is -2.61. The zero-order chi connectivity index (χ0) is 17.2. The summed E-state index contributed by atoms with van der Waals surface area (Å²) in [7, 11) is 0. The topological polar surface area (TPSA) is 54.4 Å². The molecule has 0 aliphatic heterocycles. The number of rotatable bonds is 1. The summed E-state index contributed by atoms with van der Waals surface area (Å²) in [5, 5.41) is 10.8. The number of hydrogen-bond acceptors (Lipinski definition) is 3. The third-order valence-electron chi connectivity index (χ3n) is 7.34. The average Bonchev–Trinajstić information content (AvgIpc) is 2.48. The summed E-state index contributed by atoms with van der Waals surface area (Å²) in [6.45, 7) is 12.0. The van der Waals surface area contributed by atoms with E-state index in [1.807, 2.05) is 20.8 Å². The lowest BCUT2D eigenvalue weighted by atomic mass is 9.42. The van der Waals surface area contributed by atoms with E-state index in [0.717, 1.165) is 18.4 Å². The van der Waals surface area contributed by atoms with Gasteiger partial charge in [-0.2, -0.15) is 0 Å². The van der Waals surface area contributed by atoms with Crippen molar-refractivity contribution in [3.63, 3.8) is 0 Å². The van der Waals surface area contributed by atoms with E-state index in [4.69, 9.17) is 0 Å². The van der Waals surface area contributed by atoms with Gasteiger partial charge in [0.05, 0.1) is 6.10 Å². The van der Waals surface area contributed by atoms with E-state index in [0.29, 0.717) is 0 Å². The minimum Gasteiger partial charge on any atom is -0.392 e. The van der Waals surface area contributed by atoms with Crippen LogP contribution in [0.25, 0.3) is 0 Å². The van der Waals surface area contributed by atoms with E-state index in [-0.39, 0.29) is 41.7 Å². The molecule has 1 N–H and O–H groups in total. The number of allylic oxidation sites excluding steroid dienone is 3. The van der Waals surface area contributed by atoms with Gasteiger partial charge in [0.1, 0.15) is 5.78 Å². The molecule has 0 saturated heterocycles. The van der Waals surface area contributed by atoms with Crippen molar-refractivity contribution in [2.45, 2.75) is 53.1 Å². The summed E-state index contributed by atoms with van der Waals surface area (Å²) >= 11 is 0. The number of carbonyl (C=O) groups excluding carboxylic acids is 2. The molecule has 3 nitrogen and oxygen atoms in total. The van der Waals surface area contributed by atoms with E-state index >= 15 is 0 Å². The number of carbonyl (C=O) groups is 2. The van der Waals surface area contributed by atoms with Crippen molar-refractivity contribution < 1.29 is 14.7 Å². The van der Waals surface area contributed by atoms with Gasteiger partial charge in [-0.05, 0) is 42.2 Å². The summed E-state index contributed by atoms with van der Waals surface area (Å²) in [5.74, 6) is 0.620. The van der Waals surface area contributed by atoms with Crippen molar-refractivity contribution in [2.75, 3.05) is 0 Å². The maximum Gasteiger partial charge on any atom is 0.159 e. The van der Waals surface area contributed by atoms with Crippen LogP contribution >= 0.6 is 0 Å². The third kappa shape index (κ3) is 2.05. The predicted molar refractivity (Wildman–Crippen MR) is 89.7 cm³/mol. The van der Waals surface area contributed by atoms with E-state index in [2.05, 4.69) is 13.5 Å². The monoisotopic (exact) mass is 316 g/mol. The molecule has 0 bridgehead atoms. The van der Waals surface area contributed by atoms with E-state index < -0.39 is 16.9 Å². The van der Waals surface area contributed by atoms with Gasteiger partial charge in [0.2, 0.25) is 0 Å². The van der Waals surface area contributed by atoms with Gasteiger partial charge in [-0.3, -0.25) is 9.59 Å². The highest BCUT2D eigenvalue weighted by atomic mass is 16.3. The molecule has 0 amide bonds. The van der Waals surface area contributed by atoms with Crippen LogP contribution in [0.4, 0.5) is 0 Å². The second-order valence-electron chi connectivity index (χ2n) is 8.54. The normalized spacial score (nSPS) is 45.8. The molecule has 0 spiro atoms. The van der Waals surface area contributed by atoms with E-state index in [9.17, 15) is 14.7 Å². The quantitative estimate of drug-likeness (QED) is 0.807. The second kappa shape index (κ2) is 5.14.